The summed E-state index contributed by atoms with van der Waals surface area (Å²) in [6.07, 6.45) is -4.68. The molecule has 0 N–H and O–H groups in total. The van der Waals surface area contributed by atoms with E-state index in [0.29, 0.717) is 0 Å². The first-order chi connectivity index (χ1) is 13.8. The molecule has 10 nitrogen and oxygen atoms in total. The van der Waals surface area contributed by atoms with Crippen molar-refractivity contribution in [1.82, 2.24) is 0 Å². The number of carbonyl (C=O) groups excluding carboxylic acids is 4. The van der Waals surface area contributed by atoms with Gasteiger partial charge in [0.15, 0.2) is 23.1 Å². The molecule has 2 rings (SSSR count). The summed E-state index contributed by atoms with van der Waals surface area (Å²) >= 11 is 0. The van der Waals surface area contributed by atoms with Crippen LogP contribution in [-0.2, 0) is 47.6 Å². The van der Waals surface area contributed by atoms with E-state index in [1.807, 2.05) is 0 Å². The van der Waals surface area contributed by atoms with Crippen LogP contribution in [0.3, 0.4) is 0 Å². The standard InChI is InChI=1S/C20H30O10/c1-10(15-17(29-19(2,3)27-15)11(21)8-13(23)25-6)16-18(30-20(4,5)28-16)12(22)9-14(24)26-7/h10,15-18H,8-9H2,1-7H3/t15-,16-,17-,18-/m1/s1. The van der Waals surface area contributed by atoms with Crippen molar-refractivity contribution in [3.05, 3.63) is 0 Å². The van der Waals surface area contributed by atoms with Crippen LogP contribution in [0.1, 0.15) is 47.5 Å². The lowest BCUT2D eigenvalue weighted by Gasteiger charge is -2.29. The maximum atomic E-state index is 12.7. The summed E-state index contributed by atoms with van der Waals surface area (Å²) in [5.41, 5.74) is 0. The minimum atomic E-state index is -1.09. The Kier molecular flexibility index (Phi) is 7.39. The lowest BCUT2D eigenvalue weighted by atomic mass is 9.87. The first-order valence-electron chi connectivity index (χ1n) is 9.70. The van der Waals surface area contributed by atoms with Crippen LogP contribution in [-0.4, -0.2) is 73.7 Å². The average Bonchev–Trinajstić information content (AvgIpc) is 3.16. The molecule has 0 radical (unpaired) electrons. The number of Topliss-reactive ketones (excluding diaryl/α,β-unsaturated/α-hetero) is 2. The molecule has 2 fully saturated rings. The van der Waals surface area contributed by atoms with E-state index >= 15 is 0 Å². The summed E-state index contributed by atoms with van der Waals surface area (Å²) in [4.78, 5) is 48.4. The third kappa shape index (κ3) is 5.63. The zero-order chi connectivity index (χ0) is 22.9. The van der Waals surface area contributed by atoms with Crippen molar-refractivity contribution < 1.29 is 47.6 Å². The van der Waals surface area contributed by atoms with E-state index in [-0.39, 0.29) is 0 Å². The summed E-state index contributed by atoms with van der Waals surface area (Å²) < 4.78 is 32.5. The number of methoxy groups -OCH3 is 2. The van der Waals surface area contributed by atoms with Gasteiger partial charge >= 0.3 is 11.9 Å². The second-order valence-electron chi connectivity index (χ2n) is 8.34. The van der Waals surface area contributed by atoms with Gasteiger partial charge < -0.3 is 28.4 Å². The van der Waals surface area contributed by atoms with E-state index in [1.54, 1.807) is 34.6 Å². The van der Waals surface area contributed by atoms with Gasteiger partial charge in [0, 0.05) is 5.92 Å². The van der Waals surface area contributed by atoms with Crippen molar-refractivity contribution in [1.29, 1.82) is 0 Å². The van der Waals surface area contributed by atoms with Gasteiger partial charge in [0.05, 0.1) is 26.4 Å². The Labute approximate surface area is 175 Å². The lowest BCUT2D eigenvalue weighted by Crippen LogP contribution is -2.46. The Bertz CT molecular complexity index is 640. The van der Waals surface area contributed by atoms with Gasteiger partial charge in [0.25, 0.3) is 0 Å². The largest absolute Gasteiger partial charge is 0.469 e. The highest BCUT2D eigenvalue weighted by atomic mass is 16.8. The molecule has 0 bridgehead atoms. The second kappa shape index (κ2) is 9.09. The third-order valence-corrected chi connectivity index (χ3v) is 5.02. The van der Waals surface area contributed by atoms with Gasteiger partial charge in [-0.25, -0.2) is 0 Å². The van der Waals surface area contributed by atoms with Crippen molar-refractivity contribution in [3.63, 3.8) is 0 Å². The quantitative estimate of drug-likeness (QED) is 0.406. The molecule has 0 aromatic heterocycles. The number of hydrogen-bond donors (Lipinski definition) is 0. The van der Waals surface area contributed by atoms with Crippen LogP contribution < -0.4 is 0 Å². The molecule has 0 aromatic rings. The van der Waals surface area contributed by atoms with Crippen molar-refractivity contribution in [2.24, 2.45) is 5.92 Å². The number of esters is 2. The van der Waals surface area contributed by atoms with Crippen LogP contribution in [0.15, 0.2) is 0 Å². The Morgan fingerprint density at radius 3 is 1.37 bits per heavy atom. The molecule has 0 amide bonds. The molecule has 30 heavy (non-hydrogen) atoms. The topological polar surface area (TPSA) is 124 Å². The van der Waals surface area contributed by atoms with Crippen molar-refractivity contribution >= 4 is 23.5 Å². The highest BCUT2D eigenvalue weighted by molar-refractivity contribution is 5.99. The van der Waals surface area contributed by atoms with E-state index in [4.69, 9.17) is 18.9 Å². The normalized spacial score (nSPS) is 29.6. The molecule has 4 atom stereocenters. The van der Waals surface area contributed by atoms with Crippen LogP contribution in [0.25, 0.3) is 0 Å². The van der Waals surface area contributed by atoms with Crippen LogP contribution in [0.4, 0.5) is 0 Å². The summed E-state index contributed by atoms with van der Waals surface area (Å²) in [5, 5.41) is 0. The Morgan fingerprint density at radius 1 is 0.733 bits per heavy atom. The van der Waals surface area contributed by atoms with Gasteiger partial charge in [-0.1, -0.05) is 6.92 Å². The minimum absolute atomic E-state index is 0.470. The van der Waals surface area contributed by atoms with Gasteiger partial charge in [0.2, 0.25) is 0 Å². The van der Waals surface area contributed by atoms with Crippen molar-refractivity contribution in [2.75, 3.05) is 14.2 Å². The molecule has 0 saturated carbocycles. The van der Waals surface area contributed by atoms with Gasteiger partial charge in [-0.05, 0) is 27.7 Å². The molecule has 2 saturated heterocycles. The van der Waals surface area contributed by atoms with E-state index in [0.717, 1.165) is 0 Å². The van der Waals surface area contributed by atoms with E-state index in [2.05, 4.69) is 9.47 Å². The molecule has 2 aliphatic rings. The fourth-order valence-corrected chi connectivity index (χ4v) is 3.66. The van der Waals surface area contributed by atoms with E-state index in [9.17, 15) is 19.2 Å². The first kappa shape index (κ1) is 24.4. The van der Waals surface area contributed by atoms with Crippen LogP contribution in [0.5, 0.6) is 0 Å². The SMILES string of the molecule is COC(=O)CC(=O)[C@H]1OC(C)(C)O[C@@H]1C(C)[C@H]1OC(C)(C)O[C@@H]1C(=O)CC(=O)OC. The van der Waals surface area contributed by atoms with E-state index < -0.39 is 78.3 Å². The fourth-order valence-electron chi connectivity index (χ4n) is 3.66. The molecule has 10 heteroatoms. The van der Waals surface area contributed by atoms with Crippen LogP contribution >= 0.6 is 0 Å². The number of hydrogen-bond acceptors (Lipinski definition) is 10. The third-order valence-electron chi connectivity index (χ3n) is 5.02. The first-order valence-corrected chi connectivity index (χ1v) is 9.70. The lowest BCUT2D eigenvalue weighted by molar-refractivity contribution is -0.168. The molecule has 170 valence electrons. The van der Waals surface area contributed by atoms with Gasteiger partial charge in [-0.3, -0.25) is 19.2 Å². The summed E-state index contributed by atoms with van der Waals surface area (Å²) in [7, 11) is 2.38. The predicted molar refractivity (Wildman–Crippen MR) is 100 cm³/mol. The van der Waals surface area contributed by atoms with Gasteiger partial charge in [-0.15, -0.1) is 0 Å². The van der Waals surface area contributed by atoms with Crippen LogP contribution in [0.2, 0.25) is 0 Å². The fraction of sp³-hybridized carbons (Fsp3) is 0.800. The maximum Gasteiger partial charge on any atom is 0.313 e. The number of rotatable bonds is 8. The molecule has 2 heterocycles. The Balaban J connectivity index is 2.25. The van der Waals surface area contributed by atoms with Crippen molar-refractivity contribution in [2.45, 2.75) is 83.5 Å². The number of ketones is 2. The van der Waals surface area contributed by atoms with Gasteiger partial charge in [0.1, 0.15) is 25.0 Å². The molecule has 0 spiro atoms. The summed E-state index contributed by atoms with van der Waals surface area (Å²) in [6.45, 7) is 8.32. The monoisotopic (exact) mass is 430 g/mol. The zero-order valence-electron chi connectivity index (χ0n) is 18.4. The predicted octanol–water partition coefficient (Wildman–Crippen LogP) is 0.927. The molecule has 0 aliphatic carbocycles. The molecule has 0 aromatic carbocycles. The highest BCUT2D eigenvalue weighted by Gasteiger charge is 2.55. The molecular formula is C20H30O10. The average molecular weight is 430 g/mol. The number of carbonyl (C=O) groups is 4. The molecule has 0 unspecified atom stereocenters. The van der Waals surface area contributed by atoms with Crippen molar-refractivity contribution in [3.8, 4) is 0 Å². The maximum absolute atomic E-state index is 12.7. The smallest absolute Gasteiger partial charge is 0.313 e. The second-order valence-corrected chi connectivity index (χ2v) is 8.34. The Hall–Kier alpha value is -1.88. The van der Waals surface area contributed by atoms with Crippen LogP contribution in [0, 0.1) is 5.92 Å². The van der Waals surface area contributed by atoms with Gasteiger partial charge in [-0.2, -0.15) is 0 Å². The number of ether oxygens (including phenoxy) is 6. The summed E-state index contributed by atoms with van der Waals surface area (Å²) in [6, 6.07) is 0. The molecular weight excluding hydrogens is 400 g/mol. The highest BCUT2D eigenvalue weighted by Crippen LogP contribution is 2.40. The minimum Gasteiger partial charge on any atom is -0.469 e. The van der Waals surface area contributed by atoms with E-state index in [1.165, 1.54) is 14.2 Å². The summed E-state index contributed by atoms with van der Waals surface area (Å²) in [5.74, 6) is -5.10. The zero-order valence-corrected chi connectivity index (χ0v) is 18.4. The Morgan fingerprint density at radius 2 is 1.07 bits per heavy atom. The molecule has 2 aliphatic heterocycles.